The summed E-state index contributed by atoms with van der Waals surface area (Å²) in [4.78, 5) is 35.7. The SMILES string of the molecule is CC(=O)C1=C[C@H]2C(=O)c3ccccc3C(=O)[C@H]2O1. The number of fused-ring (bicyclic) bond motifs is 2. The lowest BCUT2D eigenvalue weighted by Gasteiger charge is -2.23. The molecule has 18 heavy (non-hydrogen) atoms. The molecule has 0 spiro atoms. The van der Waals surface area contributed by atoms with Crippen molar-refractivity contribution in [3.05, 3.63) is 47.2 Å². The summed E-state index contributed by atoms with van der Waals surface area (Å²) in [5.41, 5.74) is 0.787. The van der Waals surface area contributed by atoms with E-state index in [2.05, 4.69) is 0 Å². The molecular formula is C14H10O4. The molecular weight excluding hydrogens is 232 g/mol. The molecule has 4 nitrogen and oxygen atoms in total. The van der Waals surface area contributed by atoms with Crippen LogP contribution < -0.4 is 0 Å². The molecule has 0 unspecified atom stereocenters. The van der Waals surface area contributed by atoms with E-state index in [-0.39, 0.29) is 23.1 Å². The van der Waals surface area contributed by atoms with Gasteiger partial charge < -0.3 is 4.74 Å². The molecule has 1 aromatic carbocycles. The van der Waals surface area contributed by atoms with Crippen LogP contribution in [0.4, 0.5) is 0 Å². The molecule has 0 fully saturated rings. The van der Waals surface area contributed by atoms with Crippen LogP contribution in [-0.4, -0.2) is 23.5 Å². The summed E-state index contributed by atoms with van der Waals surface area (Å²) in [5.74, 6) is -1.21. The Balaban J connectivity index is 2.10. The van der Waals surface area contributed by atoms with E-state index in [0.29, 0.717) is 11.1 Å². The van der Waals surface area contributed by atoms with Crippen molar-refractivity contribution in [2.75, 3.05) is 0 Å². The van der Waals surface area contributed by atoms with E-state index in [0.717, 1.165) is 0 Å². The standard InChI is InChI=1S/C14H10O4/c1-7(15)11-6-10-12(16)8-4-2-3-5-9(8)13(17)14(10)18-11/h2-6,10,14H,1H3/t10-,14-/m0/s1. The smallest absolute Gasteiger partial charge is 0.205 e. The summed E-state index contributed by atoms with van der Waals surface area (Å²) in [6.07, 6.45) is 0.592. The second-order valence-electron chi connectivity index (χ2n) is 4.43. The van der Waals surface area contributed by atoms with Crippen molar-refractivity contribution in [2.45, 2.75) is 13.0 Å². The zero-order valence-corrected chi connectivity index (χ0v) is 9.67. The number of benzene rings is 1. The average molecular weight is 242 g/mol. The van der Waals surface area contributed by atoms with Crippen molar-refractivity contribution in [2.24, 2.45) is 5.92 Å². The van der Waals surface area contributed by atoms with E-state index < -0.39 is 12.0 Å². The Kier molecular flexibility index (Phi) is 2.20. The average Bonchev–Trinajstić information content (AvgIpc) is 2.81. The van der Waals surface area contributed by atoms with E-state index >= 15 is 0 Å². The van der Waals surface area contributed by atoms with Gasteiger partial charge in [-0.05, 0) is 6.08 Å². The quantitative estimate of drug-likeness (QED) is 0.749. The normalized spacial score (nSPS) is 25.1. The number of carbonyl (C=O) groups excluding carboxylic acids is 3. The van der Waals surface area contributed by atoms with Crippen molar-refractivity contribution in [1.82, 2.24) is 0 Å². The molecule has 0 saturated heterocycles. The summed E-state index contributed by atoms with van der Waals surface area (Å²) in [6, 6.07) is 6.67. The monoisotopic (exact) mass is 242 g/mol. The second-order valence-corrected chi connectivity index (χ2v) is 4.43. The highest BCUT2D eigenvalue weighted by atomic mass is 16.5. The van der Waals surface area contributed by atoms with Crippen LogP contribution >= 0.6 is 0 Å². The van der Waals surface area contributed by atoms with Crippen LogP contribution in [0.3, 0.4) is 0 Å². The van der Waals surface area contributed by atoms with Gasteiger partial charge in [-0.25, -0.2) is 0 Å². The molecule has 0 amide bonds. The van der Waals surface area contributed by atoms with Crippen molar-refractivity contribution in [3.63, 3.8) is 0 Å². The van der Waals surface area contributed by atoms with Gasteiger partial charge in [0.25, 0.3) is 0 Å². The predicted molar refractivity (Wildman–Crippen MR) is 62.2 cm³/mol. The summed E-state index contributed by atoms with van der Waals surface area (Å²) >= 11 is 0. The number of hydrogen-bond donors (Lipinski definition) is 0. The van der Waals surface area contributed by atoms with E-state index in [9.17, 15) is 14.4 Å². The van der Waals surface area contributed by atoms with E-state index in [4.69, 9.17) is 4.74 Å². The Bertz CT molecular complexity index is 612. The topological polar surface area (TPSA) is 60.4 Å². The number of allylic oxidation sites excluding steroid dienone is 1. The van der Waals surface area contributed by atoms with E-state index in [1.165, 1.54) is 13.0 Å². The zero-order valence-electron chi connectivity index (χ0n) is 9.67. The van der Waals surface area contributed by atoms with Crippen LogP contribution in [0, 0.1) is 5.92 Å². The predicted octanol–water partition coefficient (Wildman–Crippen LogP) is 1.55. The third-order valence-corrected chi connectivity index (χ3v) is 3.28. The summed E-state index contributed by atoms with van der Waals surface area (Å²) in [6.45, 7) is 1.35. The molecule has 1 aliphatic carbocycles. The third-order valence-electron chi connectivity index (χ3n) is 3.28. The van der Waals surface area contributed by atoms with Crippen LogP contribution in [0.1, 0.15) is 27.6 Å². The Morgan fingerprint density at radius 1 is 1.11 bits per heavy atom. The highest BCUT2D eigenvalue weighted by molar-refractivity contribution is 6.18. The number of ether oxygens (including phenoxy) is 1. The molecule has 3 rings (SSSR count). The first-order valence-electron chi connectivity index (χ1n) is 5.66. The molecule has 4 heteroatoms. The molecule has 0 aromatic heterocycles. The van der Waals surface area contributed by atoms with Gasteiger partial charge in [0, 0.05) is 18.1 Å². The molecule has 0 radical (unpaired) electrons. The Morgan fingerprint density at radius 2 is 1.72 bits per heavy atom. The number of Topliss-reactive ketones (excluding diaryl/α,β-unsaturated/α-hetero) is 3. The van der Waals surface area contributed by atoms with Crippen molar-refractivity contribution in [1.29, 1.82) is 0 Å². The van der Waals surface area contributed by atoms with Gasteiger partial charge in [-0.1, -0.05) is 24.3 Å². The molecule has 0 saturated carbocycles. The lowest BCUT2D eigenvalue weighted by atomic mass is 9.80. The highest BCUT2D eigenvalue weighted by Crippen LogP contribution is 2.34. The van der Waals surface area contributed by atoms with Crippen LogP contribution in [0.25, 0.3) is 0 Å². The number of rotatable bonds is 1. The maximum Gasteiger partial charge on any atom is 0.205 e. The molecule has 2 atom stereocenters. The van der Waals surface area contributed by atoms with Crippen LogP contribution in [0.2, 0.25) is 0 Å². The number of carbonyl (C=O) groups is 3. The molecule has 1 aliphatic heterocycles. The lowest BCUT2D eigenvalue weighted by Crippen LogP contribution is -2.38. The first-order valence-corrected chi connectivity index (χ1v) is 5.66. The molecule has 0 bridgehead atoms. The van der Waals surface area contributed by atoms with Crippen LogP contribution in [0.5, 0.6) is 0 Å². The first-order chi connectivity index (χ1) is 8.59. The van der Waals surface area contributed by atoms with Crippen molar-refractivity contribution >= 4 is 17.3 Å². The summed E-state index contributed by atoms with van der Waals surface area (Å²) < 4.78 is 5.31. The molecule has 0 N–H and O–H groups in total. The van der Waals surface area contributed by atoms with Gasteiger partial charge in [0.2, 0.25) is 5.78 Å². The minimum absolute atomic E-state index is 0.111. The number of hydrogen-bond acceptors (Lipinski definition) is 4. The Hall–Kier alpha value is -2.23. The minimum Gasteiger partial charge on any atom is -0.478 e. The van der Waals surface area contributed by atoms with Crippen molar-refractivity contribution in [3.8, 4) is 0 Å². The molecule has 90 valence electrons. The zero-order chi connectivity index (χ0) is 12.9. The fourth-order valence-corrected chi connectivity index (χ4v) is 2.38. The van der Waals surface area contributed by atoms with Gasteiger partial charge in [0.15, 0.2) is 23.4 Å². The van der Waals surface area contributed by atoms with Crippen LogP contribution in [-0.2, 0) is 9.53 Å². The van der Waals surface area contributed by atoms with Crippen LogP contribution in [0.15, 0.2) is 36.1 Å². The fraction of sp³-hybridized carbons (Fsp3) is 0.214. The largest absolute Gasteiger partial charge is 0.478 e. The summed E-state index contributed by atoms with van der Waals surface area (Å²) in [5, 5.41) is 0. The lowest BCUT2D eigenvalue weighted by molar-refractivity contribution is -0.117. The second kappa shape index (κ2) is 3.63. The molecule has 1 heterocycles. The number of ketones is 3. The molecule has 1 aromatic rings. The van der Waals surface area contributed by atoms with Gasteiger partial charge >= 0.3 is 0 Å². The van der Waals surface area contributed by atoms with Crippen molar-refractivity contribution < 1.29 is 19.1 Å². The van der Waals surface area contributed by atoms with Gasteiger partial charge in [0.1, 0.15) is 0 Å². The fourth-order valence-electron chi connectivity index (χ4n) is 2.38. The first kappa shape index (κ1) is 10.9. The Labute approximate surface area is 103 Å². The highest BCUT2D eigenvalue weighted by Gasteiger charge is 2.46. The maximum absolute atomic E-state index is 12.2. The van der Waals surface area contributed by atoms with Gasteiger partial charge in [0.05, 0.1) is 5.92 Å². The van der Waals surface area contributed by atoms with Gasteiger partial charge in [-0.2, -0.15) is 0 Å². The van der Waals surface area contributed by atoms with E-state index in [1.807, 2.05) is 0 Å². The summed E-state index contributed by atoms with van der Waals surface area (Å²) in [7, 11) is 0. The minimum atomic E-state index is -0.869. The third kappa shape index (κ3) is 1.35. The maximum atomic E-state index is 12.2. The van der Waals surface area contributed by atoms with Gasteiger partial charge in [-0.3, -0.25) is 14.4 Å². The van der Waals surface area contributed by atoms with Gasteiger partial charge in [-0.15, -0.1) is 0 Å². The van der Waals surface area contributed by atoms with E-state index in [1.54, 1.807) is 24.3 Å². The Morgan fingerprint density at radius 3 is 2.33 bits per heavy atom. The molecule has 2 aliphatic rings.